The van der Waals surface area contributed by atoms with E-state index in [4.69, 9.17) is 0 Å². The molecule has 0 saturated heterocycles. The van der Waals surface area contributed by atoms with E-state index in [1.54, 1.807) is 68.4 Å². The number of rotatable bonds is 8. The van der Waals surface area contributed by atoms with E-state index in [0.717, 1.165) is 0 Å². The summed E-state index contributed by atoms with van der Waals surface area (Å²) in [6, 6.07) is 22.1. The number of hydrogen-bond acceptors (Lipinski definition) is 4. The first-order valence-corrected chi connectivity index (χ1v) is 11.8. The number of carbonyl (C=O) groups is 2. The van der Waals surface area contributed by atoms with E-state index < -0.39 is 28.0 Å². The van der Waals surface area contributed by atoms with Crippen LogP contribution < -0.4 is 20.7 Å². The highest BCUT2D eigenvalue weighted by Gasteiger charge is 2.28. The Balaban J connectivity index is 1.61. The van der Waals surface area contributed by atoms with Crippen LogP contribution in [0.5, 0.6) is 0 Å². The molecule has 0 unspecified atom stereocenters. The molecular weight excluding hydrogens is 440 g/mol. The number of para-hydroxylation sites is 1. The van der Waals surface area contributed by atoms with Gasteiger partial charge in [-0.15, -0.1) is 0 Å². The summed E-state index contributed by atoms with van der Waals surface area (Å²) in [5.41, 5.74) is 1.67. The molecule has 1 atom stereocenters. The van der Waals surface area contributed by atoms with Crippen LogP contribution in [0.25, 0.3) is 0 Å². The molecule has 0 aliphatic rings. The Morgan fingerprint density at radius 2 is 1.12 bits per heavy atom. The molecule has 0 heterocycles. The Hall–Kier alpha value is -3.69. The second kappa shape index (κ2) is 10.8. The summed E-state index contributed by atoms with van der Waals surface area (Å²) in [6.07, 6.45) is 0. The third-order valence-corrected chi connectivity index (χ3v) is 6.18. The van der Waals surface area contributed by atoms with Crippen molar-refractivity contribution in [1.29, 1.82) is 0 Å². The quantitative estimate of drug-likeness (QED) is 0.397. The van der Waals surface area contributed by atoms with Gasteiger partial charge in [0, 0.05) is 17.1 Å². The van der Waals surface area contributed by atoms with E-state index in [-0.39, 0.29) is 10.8 Å². The Morgan fingerprint density at radius 3 is 1.64 bits per heavy atom. The number of hydrogen-bond donors (Lipinski definition) is 4. The molecule has 8 nitrogen and oxygen atoms in total. The Labute approximate surface area is 193 Å². The van der Waals surface area contributed by atoms with Gasteiger partial charge in [-0.05, 0) is 54.4 Å². The molecule has 3 aromatic carbocycles. The van der Waals surface area contributed by atoms with Crippen molar-refractivity contribution in [3.8, 4) is 0 Å². The van der Waals surface area contributed by atoms with Crippen LogP contribution in [0.4, 0.5) is 21.9 Å². The maximum Gasteiger partial charge on any atom is 0.323 e. The molecule has 0 bridgehead atoms. The van der Waals surface area contributed by atoms with Crippen LogP contribution in [-0.4, -0.2) is 26.4 Å². The van der Waals surface area contributed by atoms with Crippen molar-refractivity contribution in [1.82, 2.24) is 4.72 Å². The Bertz CT molecular complexity index is 1180. The normalized spacial score (nSPS) is 12.1. The molecule has 4 N–H and O–H groups in total. The number of urea groups is 1. The number of amides is 3. The highest BCUT2D eigenvalue weighted by atomic mass is 32.2. The fourth-order valence-electron chi connectivity index (χ4n) is 3.00. The maximum absolute atomic E-state index is 12.8. The van der Waals surface area contributed by atoms with Crippen LogP contribution in [0.1, 0.15) is 13.8 Å². The predicted molar refractivity (Wildman–Crippen MR) is 130 cm³/mol. The molecule has 0 aliphatic heterocycles. The number of benzene rings is 3. The smallest absolute Gasteiger partial charge is 0.323 e. The van der Waals surface area contributed by atoms with E-state index in [2.05, 4.69) is 20.7 Å². The molecule has 0 aliphatic carbocycles. The summed E-state index contributed by atoms with van der Waals surface area (Å²) in [4.78, 5) is 25.0. The van der Waals surface area contributed by atoms with E-state index >= 15 is 0 Å². The van der Waals surface area contributed by atoms with Gasteiger partial charge in [-0.25, -0.2) is 13.2 Å². The molecule has 9 heteroatoms. The zero-order valence-electron chi connectivity index (χ0n) is 18.3. The lowest BCUT2D eigenvalue weighted by molar-refractivity contribution is -0.118. The summed E-state index contributed by atoms with van der Waals surface area (Å²) in [7, 11) is -3.85. The molecule has 33 heavy (non-hydrogen) atoms. The lowest BCUT2D eigenvalue weighted by Gasteiger charge is -2.21. The predicted octanol–water partition coefficient (Wildman–Crippen LogP) is 4.27. The molecule has 0 saturated carbocycles. The van der Waals surface area contributed by atoms with Gasteiger partial charge < -0.3 is 16.0 Å². The van der Waals surface area contributed by atoms with Crippen LogP contribution >= 0.6 is 0 Å². The van der Waals surface area contributed by atoms with E-state index in [9.17, 15) is 18.0 Å². The molecule has 3 amide bonds. The molecule has 0 fully saturated rings. The summed E-state index contributed by atoms with van der Waals surface area (Å²) < 4.78 is 27.8. The average molecular weight is 467 g/mol. The number of carbonyl (C=O) groups excluding carboxylic acids is 2. The van der Waals surface area contributed by atoms with Gasteiger partial charge in [0.1, 0.15) is 6.04 Å². The maximum atomic E-state index is 12.8. The summed E-state index contributed by atoms with van der Waals surface area (Å²) in [6.45, 7) is 3.52. The third kappa shape index (κ3) is 6.90. The zero-order valence-corrected chi connectivity index (χ0v) is 19.1. The number of anilines is 3. The van der Waals surface area contributed by atoms with Crippen LogP contribution in [-0.2, 0) is 14.8 Å². The topological polar surface area (TPSA) is 116 Å². The van der Waals surface area contributed by atoms with Gasteiger partial charge in [-0.1, -0.05) is 50.2 Å². The van der Waals surface area contributed by atoms with E-state index in [1.807, 2.05) is 18.2 Å². The van der Waals surface area contributed by atoms with Gasteiger partial charge in [0.05, 0.1) is 4.90 Å². The van der Waals surface area contributed by atoms with Crippen molar-refractivity contribution >= 4 is 39.0 Å². The molecule has 0 radical (unpaired) electrons. The van der Waals surface area contributed by atoms with E-state index in [1.165, 1.54) is 12.1 Å². The van der Waals surface area contributed by atoms with Crippen LogP contribution in [0, 0.1) is 5.92 Å². The molecule has 0 spiro atoms. The van der Waals surface area contributed by atoms with Crippen LogP contribution in [0.15, 0.2) is 89.8 Å². The van der Waals surface area contributed by atoms with Crippen molar-refractivity contribution < 1.29 is 18.0 Å². The summed E-state index contributed by atoms with van der Waals surface area (Å²) in [5.74, 6) is -0.766. The first-order valence-electron chi connectivity index (χ1n) is 10.4. The first-order chi connectivity index (χ1) is 15.7. The second-order valence-corrected chi connectivity index (χ2v) is 9.38. The first kappa shape index (κ1) is 24.0. The number of sulfonamides is 1. The molecular formula is C24H26N4O4S. The summed E-state index contributed by atoms with van der Waals surface area (Å²) >= 11 is 0. The Kier molecular flexibility index (Phi) is 7.81. The van der Waals surface area contributed by atoms with Crippen LogP contribution in [0.3, 0.4) is 0 Å². The van der Waals surface area contributed by atoms with Crippen molar-refractivity contribution in [2.75, 3.05) is 16.0 Å². The van der Waals surface area contributed by atoms with Crippen molar-refractivity contribution in [2.45, 2.75) is 24.8 Å². The lowest BCUT2D eigenvalue weighted by Crippen LogP contribution is -2.47. The molecule has 0 aromatic heterocycles. The van der Waals surface area contributed by atoms with Gasteiger partial charge in [-0.3, -0.25) is 4.79 Å². The zero-order chi connectivity index (χ0) is 23.8. The fourth-order valence-corrected chi connectivity index (χ4v) is 4.36. The SMILES string of the molecule is CC(C)[C@H](NS(=O)(=O)c1ccccc1)C(=O)Nc1ccc(NC(=O)Nc2ccccc2)cc1. The van der Waals surface area contributed by atoms with Gasteiger partial charge >= 0.3 is 6.03 Å². The Morgan fingerprint density at radius 1 is 0.667 bits per heavy atom. The van der Waals surface area contributed by atoms with Gasteiger partial charge in [0.2, 0.25) is 15.9 Å². The molecule has 3 aromatic rings. The van der Waals surface area contributed by atoms with Gasteiger partial charge in [0.25, 0.3) is 0 Å². The lowest BCUT2D eigenvalue weighted by atomic mass is 10.0. The van der Waals surface area contributed by atoms with Crippen molar-refractivity contribution in [3.05, 3.63) is 84.9 Å². The van der Waals surface area contributed by atoms with Crippen LogP contribution in [0.2, 0.25) is 0 Å². The average Bonchev–Trinajstić information content (AvgIpc) is 2.80. The molecule has 172 valence electrons. The van der Waals surface area contributed by atoms with Crippen molar-refractivity contribution in [2.24, 2.45) is 5.92 Å². The van der Waals surface area contributed by atoms with Gasteiger partial charge in [0.15, 0.2) is 0 Å². The standard InChI is InChI=1S/C24H26N4O4S/c1-17(2)22(28-33(31,32)21-11-7-4-8-12-21)23(29)25-19-13-15-20(16-14-19)27-24(30)26-18-9-5-3-6-10-18/h3-17,22,28H,1-2H3,(H,25,29)(H2,26,27,30)/t22-/m0/s1. The van der Waals surface area contributed by atoms with Crippen molar-refractivity contribution in [3.63, 3.8) is 0 Å². The number of nitrogens with one attached hydrogen (secondary N) is 4. The summed E-state index contributed by atoms with van der Waals surface area (Å²) in [5, 5.41) is 8.15. The largest absolute Gasteiger partial charge is 0.325 e. The minimum Gasteiger partial charge on any atom is -0.325 e. The highest BCUT2D eigenvalue weighted by Crippen LogP contribution is 2.17. The second-order valence-electron chi connectivity index (χ2n) is 7.67. The highest BCUT2D eigenvalue weighted by molar-refractivity contribution is 7.89. The van der Waals surface area contributed by atoms with Gasteiger partial charge in [-0.2, -0.15) is 4.72 Å². The minimum absolute atomic E-state index is 0.0904. The fraction of sp³-hybridized carbons (Fsp3) is 0.167. The van der Waals surface area contributed by atoms with E-state index in [0.29, 0.717) is 17.1 Å². The molecule has 3 rings (SSSR count). The monoisotopic (exact) mass is 466 g/mol. The minimum atomic E-state index is -3.85. The third-order valence-electron chi connectivity index (χ3n) is 4.73.